The molecule has 3 N–H and O–H groups in total. The molecule has 7 nitrogen and oxygen atoms in total. The molecule has 0 bridgehead atoms. The van der Waals surface area contributed by atoms with Crippen LogP contribution in [-0.4, -0.2) is 70.3 Å². The van der Waals surface area contributed by atoms with Crippen molar-refractivity contribution in [2.24, 2.45) is 0 Å². The average molecular weight is 306 g/mol. The van der Waals surface area contributed by atoms with Gasteiger partial charge in [0.25, 0.3) is 0 Å². The van der Waals surface area contributed by atoms with Crippen LogP contribution < -0.4 is 15.4 Å². The van der Waals surface area contributed by atoms with E-state index in [1.807, 2.05) is 0 Å². The van der Waals surface area contributed by atoms with Crippen molar-refractivity contribution in [1.29, 1.82) is 0 Å². The van der Waals surface area contributed by atoms with Gasteiger partial charge in [0.05, 0.1) is 12.8 Å². The fourth-order valence-electron chi connectivity index (χ4n) is 2.18. The molecule has 0 aromatic heterocycles. The van der Waals surface area contributed by atoms with Crippen molar-refractivity contribution < 1.29 is 13.2 Å². The zero-order valence-electron chi connectivity index (χ0n) is 12.5. The van der Waals surface area contributed by atoms with Gasteiger partial charge in [0.2, 0.25) is 15.9 Å². The maximum absolute atomic E-state index is 11.9. The minimum atomic E-state index is -3.28. The Hall–Kier alpha value is -0.700. The Balaban J connectivity index is 2.34. The van der Waals surface area contributed by atoms with Gasteiger partial charge in [-0.05, 0) is 33.4 Å². The monoisotopic (exact) mass is 306 g/mol. The minimum absolute atomic E-state index is 0.0738. The third kappa shape index (κ3) is 7.78. The molecule has 1 aliphatic rings. The van der Waals surface area contributed by atoms with Gasteiger partial charge in [0, 0.05) is 25.2 Å². The fourth-order valence-corrected chi connectivity index (χ4v) is 3.25. The lowest BCUT2D eigenvalue weighted by molar-refractivity contribution is -0.122. The van der Waals surface area contributed by atoms with E-state index in [0.717, 1.165) is 38.9 Å². The lowest BCUT2D eigenvalue weighted by atomic mass is 10.1. The topological polar surface area (TPSA) is 90.5 Å². The standard InChI is InChI=1S/C12H26N4O3S/c1-12(2,15-20(3,18)19)10-14-11(17)9-16-7-4-5-13-6-8-16/h13,15H,4-10H2,1-3H3,(H,14,17). The van der Waals surface area contributed by atoms with Gasteiger partial charge >= 0.3 is 0 Å². The highest BCUT2D eigenvalue weighted by Crippen LogP contribution is 2.02. The first-order valence-corrected chi connectivity index (χ1v) is 8.76. The summed E-state index contributed by atoms with van der Waals surface area (Å²) in [6, 6.07) is 0. The van der Waals surface area contributed by atoms with Crippen LogP contribution in [0.15, 0.2) is 0 Å². The first-order valence-electron chi connectivity index (χ1n) is 6.87. The van der Waals surface area contributed by atoms with Gasteiger partial charge in [-0.1, -0.05) is 0 Å². The molecule has 0 spiro atoms. The van der Waals surface area contributed by atoms with E-state index >= 15 is 0 Å². The molecule has 0 aromatic rings. The Kier molecular flexibility index (Phi) is 6.38. The van der Waals surface area contributed by atoms with Crippen molar-refractivity contribution in [1.82, 2.24) is 20.3 Å². The van der Waals surface area contributed by atoms with Crippen molar-refractivity contribution >= 4 is 15.9 Å². The quantitative estimate of drug-likeness (QED) is 0.569. The van der Waals surface area contributed by atoms with Crippen molar-refractivity contribution in [3.8, 4) is 0 Å². The van der Waals surface area contributed by atoms with E-state index in [2.05, 4.69) is 20.3 Å². The summed E-state index contributed by atoms with van der Waals surface area (Å²) in [5.74, 6) is -0.0738. The number of rotatable bonds is 6. The van der Waals surface area contributed by atoms with Gasteiger partial charge in [0.1, 0.15) is 0 Å². The molecule has 1 saturated heterocycles. The number of nitrogens with one attached hydrogen (secondary N) is 3. The summed E-state index contributed by atoms with van der Waals surface area (Å²) in [6.07, 6.45) is 2.15. The smallest absolute Gasteiger partial charge is 0.234 e. The van der Waals surface area contributed by atoms with Crippen LogP contribution in [-0.2, 0) is 14.8 Å². The summed E-state index contributed by atoms with van der Waals surface area (Å²) in [5, 5.41) is 6.07. The number of carbonyl (C=O) groups is 1. The number of nitrogens with zero attached hydrogens (tertiary/aromatic N) is 1. The molecule has 0 saturated carbocycles. The number of hydrogen-bond donors (Lipinski definition) is 3. The second kappa shape index (κ2) is 7.35. The van der Waals surface area contributed by atoms with E-state index in [4.69, 9.17) is 0 Å². The summed E-state index contributed by atoms with van der Waals surface area (Å²) in [7, 11) is -3.28. The predicted octanol–water partition coefficient (Wildman–Crippen LogP) is -1.27. The van der Waals surface area contributed by atoms with Crippen molar-refractivity contribution in [2.45, 2.75) is 25.8 Å². The first kappa shape index (κ1) is 17.4. The van der Waals surface area contributed by atoms with Gasteiger partial charge in [-0.25, -0.2) is 13.1 Å². The lowest BCUT2D eigenvalue weighted by Gasteiger charge is -2.26. The summed E-state index contributed by atoms with van der Waals surface area (Å²) in [4.78, 5) is 14.0. The highest BCUT2D eigenvalue weighted by atomic mass is 32.2. The zero-order valence-corrected chi connectivity index (χ0v) is 13.3. The Bertz CT molecular complexity index is 414. The maximum Gasteiger partial charge on any atom is 0.234 e. The summed E-state index contributed by atoms with van der Waals surface area (Å²) < 4.78 is 24.9. The van der Waals surface area contributed by atoms with Gasteiger partial charge in [-0.2, -0.15) is 0 Å². The molecule has 0 unspecified atom stereocenters. The number of hydrogen-bond acceptors (Lipinski definition) is 5. The SMILES string of the molecule is CC(C)(CNC(=O)CN1CCCNCC1)NS(C)(=O)=O. The van der Waals surface area contributed by atoms with E-state index in [9.17, 15) is 13.2 Å². The first-order chi connectivity index (χ1) is 9.18. The van der Waals surface area contributed by atoms with E-state index in [0.29, 0.717) is 6.54 Å². The van der Waals surface area contributed by atoms with Crippen LogP contribution in [0.5, 0.6) is 0 Å². The van der Waals surface area contributed by atoms with Crippen LogP contribution in [0.4, 0.5) is 0 Å². The molecule has 1 heterocycles. The van der Waals surface area contributed by atoms with Gasteiger partial charge in [-0.3, -0.25) is 9.69 Å². The molecular weight excluding hydrogens is 280 g/mol. The molecular formula is C12H26N4O3S. The number of sulfonamides is 1. The fraction of sp³-hybridized carbons (Fsp3) is 0.917. The lowest BCUT2D eigenvalue weighted by Crippen LogP contribution is -2.52. The van der Waals surface area contributed by atoms with E-state index in [1.54, 1.807) is 13.8 Å². The summed E-state index contributed by atoms with van der Waals surface area (Å²) >= 11 is 0. The molecule has 0 atom stereocenters. The molecule has 8 heteroatoms. The maximum atomic E-state index is 11.9. The molecule has 0 aromatic carbocycles. The second-order valence-electron chi connectivity index (χ2n) is 5.91. The second-order valence-corrected chi connectivity index (χ2v) is 7.66. The van der Waals surface area contributed by atoms with Crippen molar-refractivity contribution in [3.63, 3.8) is 0 Å². The van der Waals surface area contributed by atoms with Crippen LogP contribution in [0.3, 0.4) is 0 Å². The largest absolute Gasteiger partial charge is 0.353 e. The molecule has 1 fully saturated rings. The molecule has 0 radical (unpaired) electrons. The number of amides is 1. The van der Waals surface area contributed by atoms with Crippen LogP contribution in [0.1, 0.15) is 20.3 Å². The van der Waals surface area contributed by atoms with Crippen LogP contribution in [0.2, 0.25) is 0 Å². The molecule has 1 amide bonds. The molecule has 1 rings (SSSR count). The highest BCUT2D eigenvalue weighted by molar-refractivity contribution is 7.88. The molecule has 1 aliphatic heterocycles. The Labute approximate surface area is 121 Å². The van der Waals surface area contributed by atoms with Gasteiger partial charge in [0.15, 0.2) is 0 Å². The van der Waals surface area contributed by atoms with Gasteiger partial charge in [-0.15, -0.1) is 0 Å². The third-order valence-electron chi connectivity index (χ3n) is 2.99. The molecule has 20 heavy (non-hydrogen) atoms. The summed E-state index contributed by atoms with van der Waals surface area (Å²) in [6.45, 7) is 7.76. The van der Waals surface area contributed by atoms with E-state index in [-0.39, 0.29) is 12.5 Å². The third-order valence-corrected chi connectivity index (χ3v) is 3.91. The summed E-state index contributed by atoms with van der Waals surface area (Å²) in [5.41, 5.74) is -0.691. The zero-order chi connectivity index (χ0) is 15.2. The molecule has 0 aliphatic carbocycles. The number of carbonyl (C=O) groups excluding carboxylic acids is 1. The normalized spacial score (nSPS) is 18.6. The predicted molar refractivity (Wildman–Crippen MR) is 79.0 cm³/mol. The van der Waals surface area contributed by atoms with Gasteiger partial charge < -0.3 is 10.6 Å². The van der Waals surface area contributed by atoms with Crippen molar-refractivity contribution in [2.75, 3.05) is 45.5 Å². The van der Waals surface area contributed by atoms with Crippen LogP contribution in [0.25, 0.3) is 0 Å². The Morgan fingerprint density at radius 1 is 1.30 bits per heavy atom. The minimum Gasteiger partial charge on any atom is -0.353 e. The van der Waals surface area contributed by atoms with Crippen LogP contribution in [0, 0.1) is 0 Å². The van der Waals surface area contributed by atoms with E-state index < -0.39 is 15.6 Å². The highest BCUT2D eigenvalue weighted by Gasteiger charge is 2.23. The Morgan fingerprint density at radius 3 is 2.65 bits per heavy atom. The average Bonchev–Trinajstić information content (AvgIpc) is 2.52. The Morgan fingerprint density at radius 2 is 2.00 bits per heavy atom. The van der Waals surface area contributed by atoms with Crippen molar-refractivity contribution in [3.05, 3.63) is 0 Å². The van der Waals surface area contributed by atoms with Crippen LogP contribution >= 0.6 is 0 Å². The van der Waals surface area contributed by atoms with E-state index in [1.165, 1.54) is 0 Å². The molecule has 118 valence electrons.